The van der Waals surface area contributed by atoms with E-state index in [4.69, 9.17) is 4.74 Å². The summed E-state index contributed by atoms with van der Waals surface area (Å²) in [6.07, 6.45) is 2.04. The van der Waals surface area contributed by atoms with Crippen LogP contribution in [0.15, 0.2) is 53.4 Å². The van der Waals surface area contributed by atoms with Crippen LogP contribution in [0.4, 0.5) is 0 Å². The number of nitrogens with zero attached hydrogens (tertiary/aromatic N) is 2. The number of carbonyl (C=O) groups is 1. The largest absolute Gasteiger partial charge is 0.497 e. The summed E-state index contributed by atoms with van der Waals surface area (Å²) in [5, 5.41) is 0. The molecule has 6 heteroatoms. The van der Waals surface area contributed by atoms with E-state index >= 15 is 0 Å². The Balaban J connectivity index is 0.00000225. The number of likely N-dealkylation sites (tertiary alicyclic amines) is 2. The fourth-order valence-electron chi connectivity index (χ4n) is 4.66. The van der Waals surface area contributed by atoms with E-state index in [9.17, 15) is 4.79 Å². The normalized spacial score (nSPS) is 24.0. The number of thioether (sulfide) groups is 1. The van der Waals surface area contributed by atoms with Crippen molar-refractivity contribution in [3.05, 3.63) is 59.7 Å². The SMILES string of the molecule is COc1ccc([C@@H]2[C@@H]3CN(C(=O)c4cccc(SC)c4)C[C@@H]3CN2C)cc1.Cl. The van der Waals surface area contributed by atoms with Crippen LogP contribution in [0.2, 0.25) is 0 Å². The number of hydrogen-bond acceptors (Lipinski definition) is 4. The molecule has 28 heavy (non-hydrogen) atoms. The van der Waals surface area contributed by atoms with Gasteiger partial charge < -0.3 is 9.64 Å². The van der Waals surface area contributed by atoms with Gasteiger partial charge in [0.05, 0.1) is 7.11 Å². The van der Waals surface area contributed by atoms with Gasteiger partial charge in [-0.25, -0.2) is 0 Å². The molecule has 0 aromatic heterocycles. The van der Waals surface area contributed by atoms with E-state index < -0.39 is 0 Å². The minimum atomic E-state index is 0. The van der Waals surface area contributed by atoms with E-state index in [1.807, 2.05) is 36.6 Å². The number of carbonyl (C=O) groups excluding carboxylic acids is 1. The summed E-state index contributed by atoms with van der Waals surface area (Å²) in [6, 6.07) is 16.7. The van der Waals surface area contributed by atoms with Crippen LogP contribution in [0.3, 0.4) is 0 Å². The van der Waals surface area contributed by atoms with Gasteiger partial charge in [-0.3, -0.25) is 9.69 Å². The van der Waals surface area contributed by atoms with Gasteiger partial charge in [0.1, 0.15) is 5.75 Å². The molecular weight excluding hydrogens is 392 g/mol. The molecule has 0 N–H and O–H groups in total. The smallest absolute Gasteiger partial charge is 0.253 e. The molecule has 4 nitrogen and oxygen atoms in total. The number of halogens is 1. The standard InChI is InChI=1S/C22H26N2O2S.ClH/c1-23-12-17-13-24(22(25)16-5-4-6-19(11-16)27-3)14-20(17)21(23)15-7-9-18(26-2)10-8-15;/h4-11,17,20-21H,12-14H2,1-3H3;1H/t17-,20+,21+;/m0./s1. The first-order valence-electron chi connectivity index (χ1n) is 9.38. The first-order valence-corrected chi connectivity index (χ1v) is 10.6. The van der Waals surface area contributed by atoms with E-state index in [1.165, 1.54) is 5.56 Å². The van der Waals surface area contributed by atoms with Gasteiger partial charge in [0.2, 0.25) is 0 Å². The second-order valence-electron chi connectivity index (χ2n) is 7.52. The minimum absolute atomic E-state index is 0. The van der Waals surface area contributed by atoms with Crippen LogP contribution in [-0.4, -0.2) is 55.8 Å². The third kappa shape index (κ3) is 3.88. The molecule has 0 saturated carbocycles. The molecule has 0 bridgehead atoms. The van der Waals surface area contributed by atoms with Crippen LogP contribution in [0.5, 0.6) is 5.75 Å². The molecular formula is C22H27ClN2O2S. The first kappa shape index (κ1) is 21.0. The summed E-state index contributed by atoms with van der Waals surface area (Å²) in [7, 11) is 3.89. The summed E-state index contributed by atoms with van der Waals surface area (Å²) < 4.78 is 5.29. The summed E-state index contributed by atoms with van der Waals surface area (Å²) in [5.74, 6) is 2.06. The zero-order valence-electron chi connectivity index (χ0n) is 16.5. The van der Waals surface area contributed by atoms with Crippen LogP contribution in [0.25, 0.3) is 0 Å². The summed E-state index contributed by atoms with van der Waals surface area (Å²) in [6.45, 7) is 2.72. The molecule has 0 spiro atoms. The van der Waals surface area contributed by atoms with Crippen molar-refractivity contribution in [3.63, 3.8) is 0 Å². The molecule has 2 fully saturated rings. The Morgan fingerprint density at radius 2 is 1.86 bits per heavy atom. The molecule has 2 saturated heterocycles. The van der Waals surface area contributed by atoms with E-state index in [1.54, 1.807) is 18.9 Å². The molecule has 0 unspecified atom stereocenters. The summed E-state index contributed by atoms with van der Waals surface area (Å²) >= 11 is 1.67. The third-order valence-electron chi connectivity index (χ3n) is 5.96. The molecule has 0 radical (unpaired) electrons. The highest BCUT2D eigenvalue weighted by Gasteiger charge is 2.47. The highest BCUT2D eigenvalue weighted by molar-refractivity contribution is 7.98. The van der Waals surface area contributed by atoms with Crippen molar-refractivity contribution >= 4 is 30.1 Å². The van der Waals surface area contributed by atoms with Gasteiger partial charge in [-0.1, -0.05) is 18.2 Å². The fraction of sp³-hybridized carbons (Fsp3) is 0.409. The monoisotopic (exact) mass is 418 g/mol. The Hall–Kier alpha value is -1.69. The highest BCUT2D eigenvalue weighted by Crippen LogP contribution is 2.44. The molecule has 2 aliphatic rings. The number of benzene rings is 2. The first-order chi connectivity index (χ1) is 13.1. The molecule has 4 rings (SSSR count). The lowest BCUT2D eigenvalue weighted by Gasteiger charge is -2.27. The second-order valence-corrected chi connectivity index (χ2v) is 8.40. The van der Waals surface area contributed by atoms with Crippen LogP contribution >= 0.6 is 24.2 Å². The van der Waals surface area contributed by atoms with Crippen molar-refractivity contribution in [2.24, 2.45) is 11.8 Å². The van der Waals surface area contributed by atoms with E-state index in [0.29, 0.717) is 17.9 Å². The maximum atomic E-state index is 13.0. The molecule has 2 aliphatic heterocycles. The van der Waals surface area contributed by atoms with E-state index in [0.717, 1.165) is 35.8 Å². The number of methoxy groups -OCH3 is 1. The van der Waals surface area contributed by atoms with Crippen molar-refractivity contribution in [3.8, 4) is 5.75 Å². The number of rotatable bonds is 4. The van der Waals surface area contributed by atoms with Gasteiger partial charge in [-0.2, -0.15) is 0 Å². The van der Waals surface area contributed by atoms with Gasteiger partial charge in [-0.05, 0) is 55.1 Å². The molecule has 3 atom stereocenters. The Morgan fingerprint density at radius 3 is 2.54 bits per heavy atom. The van der Waals surface area contributed by atoms with Crippen LogP contribution in [0.1, 0.15) is 22.0 Å². The number of hydrogen-bond donors (Lipinski definition) is 0. The zero-order chi connectivity index (χ0) is 19.0. The topological polar surface area (TPSA) is 32.8 Å². The Morgan fingerprint density at radius 1 is 1.11 bits per heavy atom. The quantitative estimate of drug-likeness (QED) is 0.696. The van der Waals surface area contributed by atoms with Gasteiger partial charge in [0, 0.05) is 42.1 Å². The number of ether oxygens (including phenoxy) is 1. The van der Waals surface area contributed by atoms with Crippen molar-refractivity contribution in [2.75, 3.05) is 40.0 Å². The molecule has 1 amide bonds. The van der Waals surface area contributed by atoms with Crippen molar-refractivity contribution in [1.29, 1.82) is 0 Å². The van der Waals surface area contributed by atoms with Crippen LogP contribution < -0.4 is 4.74 Å². The zero-order valence-corrected chi connectivity index (χ0v) is 18.1. The van der Waals surface area contributed by atoms with Crippen LogP contribution in [0, 0.1) is 11.8 Å². The molecule has 150 valence electrons. The lowest BCUT2D eigenvalue weighted by atomic mass is 9.89. The average Bonchev–Trinajstić information content (AvgIpc) is 3.24. The summed E-state index contributed by atoms with van der Waals surface area (Å²) in [5.41, 5.74) is 2.11. The highest BCUT2D eigenvalue weighted by atomic mass is 35.5. The Bertz CT molecular complexity index is 830. The van der Waals surface area contributed by atoms with E-state index in [2.05, 4.69) is 35.0 Å². The predicted octanol–water partition coefficient (Wildman–Crippen LogP) is 4.21. The Labute approximate surface area is 177 Å². The van der Waals surface area contributed by atoms with Gasteiger partial charge >= 0.3 is 0 Å². The maximum Gasteiger partial charge on any atom is 0.253 e. The van der Waals surface area contributed by atoms with Gasteiger partial charge in [0.25, 0.3) is 5.91 Å². The molecule has 2 heterocycles. The second kappa shape index (κ2) is 8.76. The lowest BCUT2D eigenvalue weighted by molar-refractivity contribution is 0.0767. The van der Waals surface area contributed by atoms with Crippen LogP contribution in [-0.2, 0) is 0 Å². The van der Waals surface area contributed by atoms with E-state index in [-0.39, 0.29) is 18.3 Å². The molecule has 2 aromatic rings. The van der Waals surface area contributed by atoms with Crippen molar-refractivity contribution in [2.45, 2.75) is 10.9 Å². The molecule has 2 aromatic carbocycles. The van der Waals surface area contributed by atoms with Gasteiger partial charge in [0.15, 0.2) is 0 Å². The summed E-state index contributed by atoms with van der Waals surface area (Å²) in [4.78, 5) is 18.7. The van der Waals surface area contributed by atoms with Gasteiger partial charge in [-0.15, -0.1) is 24.2 Å². The number of fused-ring (bicyclic) bond motifs is 1. The average molecular weight is 419 g/mol. The molecule has 0 aliphatic carbocycles. The Kier molecular flexibility index (Phi) is 6.58. The van der Waals surface area contributed by atoms with Crippen molar-refractivity contribution in [1.82, 2.24) is 9.80 Å². The maximum absolute atomic E-state index is 13.0. The third-order valence-corrected chi connectivity index (χ3v) is 6.68. The lowest BCUT2D eigenvalue weighted by Crippen LogP contribution is -2.33. The predicted molar refractivity (Wildman–Crippen MR) is 117 cm³/mol. The van der Waals surface area contributed by atoms with Crippen molar-refractivity contribution < 1.29 is 9.53 Å². The minimum Gasteiger partial charge on any atom is -0.497 e. The fourth-order valence-corrected chi connectivity index (χ4v) is 5.12. The number of amides is 1.